The summed E-state index contributed by atoms with van der Waals surface area (Å²) in [5.41, 5.74) is 1.93. The minimum absolute atomic E-state index is 0.141. The number of hydrogen-bond acceptors (Lipinski definition) is 6. The van der Waals surface area contributed by atoms with Crippen LogP contribution < -0.4 is 5.32 Å². The fraction of sp³-hybridized carbons (Fsp3) is 0.308. The van der Waals surface area contributed by atoms with Crippen molar-refractivity contribution in [3.8, 4) is 6.07 Å². The topological polar surface area (TPSA) is 80.6 Å². The van der Waals surface area contributed by atoms with Crippen molar-refractivity contribution in [2.75, 3.05) is 13.6 Å². The van der Waals surface area contributed by atoms with Crippen molar-refractivity contribution in [1.29, 1.82) is 5.26 Å². The molecule has 0 aliphatic carbocycles. The Balaban J connectivity index is 1.80. The van der Waals surface area contributed by atoms with Crippen LogP contribution in [0.1, 0.15) is 12.1 Å². The molecule has 3 heterocycles. The quantitative estimate of drug-likeness (QED) is 0.833. The normalized spacial score (nSPS) is 18.3. The molecule has 0 saturated carbocycles. The van der Waals surface area contributed by atoms with Gasteiger partial charge in [-0.25, -0.2) is 9.97 Å². The summed E-state index contributed by atoms with van der Waals surface area (Å²) in [5, 5.41) is 12.9. The number of nitriles is 1. The maximum absolute atomic E-state index is 8.59. The highest BCUT2D eigenvalue weighted by atomic mass is 32.2. The lowest BCUT2D eigenvalue weighted by Gasteiger charge is -2.20. The molecule has 20 heavy (non-hydrogen) atoms. The predicted molar refractivity (Wildman–Crippen MR) is 79.2 cm³/mol. The van der Waals surface area contributed by atoms with E-state index in [0.717, 1.165) is 21.6 Å². The van der Waals surface area contributed by atoms with Gasteiger partial charge in [0.25, 0.3) is 0 Å². The molecule has 0 spiro atoms. The number of thioether (sulfide) groups is 1. The molecule has 6 nitrogen and oxygen atoms in total. The highest BCUT2D eigenvalue weighted by Crippen LogP contribution is 2.38. The van der Waals surface area contributed by atoms with Gasteiger partial charge in [0, 0.05) is 37.8 Å². The van der Waals surface area contributed by atoms with Gasteiger partial charge in [-0.15, -0.1) is 0 Å². The molecule has 0 amide bonds. The van der Waals surface area contributed by atoms with E-state index in [9.17, 15) is 0 Å². The summed E-state index contributed by atoms with van der Waals surface area (Å²) in [5.74, 6) is 0. The van der Waals surface area contributed by atoms with Gasteiger partial charge < -0.3 is 9.88 Å². The first-order chi connectivity index (χ1) is 9.79. The van der Waals surface area contributed by atoms with Crippen LogP contribution in [-0.2, 0) is 0 Å². The fourth-order valence-corrected chi connectivity index (χ4v) is 3.28. The van der Waals surface area contributed by atoms with Crippen LogP contribution in [0.3, 0.4) is 0 Å². The van der Waals surface area contributed by atoms with Gasteiger partial charge in [-0.1, -0.05) is 11.8 Å². The highest BCUT2D eigenvalue weighted by Gasteiger charge is 2.24. The number of aromatic nitrogens is 3. The minimum Gasteiger partial charge on any atom is -0.355 e. The zero-order chi connectivity index (χ0) is 13.9. The number of H-pyrrole nitrogens is 1. The molecule has 0 bridgehead atoms. The molecule has 102 valence electrons. The SMILES string of the molecule is CN1C=C(c2ncnc3[nH]ccc23)SC1NCCC#N. The molecule has 0 saturated heterocycles. The van der Waals surface area contributed by atoms with Gasteiger partial charge in [0.2, 0.25) is 0 Å². The first kappa shape index (κ1) is 13.0. The number of aromatic amines is 1. The predicted octanol–water partition coefficient (Wildman–Crippen LogP) is 1.72. The fourth-order valence-electron chi connectivity index (χ4n) is 2.11. The Morgan fingerprint density at radius 3 is 3.30 bits per heavy atom. The number of rotatable bonds is 4. The molecule has 1 unspecified atom stereocenters. The van der Waals surface area contributed by atoms with E-state index < -0.39 is 0 Å². The molecule has 1 atom stereocenters. The third kappa shape index (κ3) is 2.35. The maximum Gasteiger partial charge on any atom is 0.141 e. The van der Waals surface area contributed by atoms with Crippen LogP contribution in [0.25, 0.3) is 15.9 Å². The van der Waals surface area contributed by atoms with E-state index in [1.807, 2.05) is 19.3 Å². The molecule has 0 fully saturated rings. The highest BCUT2D eigenvalue weighted by molar-refractivity contribution is 8.09. The largest absolute Gasteiger partial charge is 0.355 e. The molecule has 1 aliphatic heterocycles. The smallest absolute Gasteiger partial charge is 0.141 e. The second kappa shape index (κ2) is 5.53. The van der Waals surface area contributed by atoms with Crippen LogP contribution in [0.5, 0.6) is 0 Å². The lowest BCUT2D eigenvalue weighted by molar-refractivity contribution is 0.382. The van der Waals surface area contributed by atoms with Crippen LogP contribution in [0.2, 0.25) is 0 Å². The maximum atomic E-state index is 8.59. The van der Waals surface area contributed by atoms with E-state index in [4.69, 9.17) is 5.26 Å². The number of nitrogens with zero attached hydrogens (tertiary/aromatic N) is 4. The van der Waals surface area contributed by atoms with Crippen molar-refractivity contribution in [2.45, 2.75) is 11.9 Å². The molecule has 7 heteroatoms. The first-order valence-electron chi connectivity index (χ1n) is 6.29. The number of nitrogens with one attached hydrogen (secondary N) is 2. The Labute approximate surface area is 120 Å². The van der Waals surface area contributed by atoms with Crippen molar-refractivity contribution in [3.63, 3.8) is 0 Å². The van der Waals surface area contributed by atoms with Crippen LogP contribution >= 0.6 is 11.8 Å². The van der Waals surface area contributed by atoms with Crippen LogP contribution in [0, 0.1) is 11.3 Å². The standard InChI is InChI=1S/C13H14N6S/c1-19-7-10(20-13(19)16-5-2-4-14)11-9-3-6-15-12(9)18-8-17-11/h3,6-8,13,16H,2,5H2,1H3,(H,15,17,18). The van der Waals surface area contributed by atoms with Gasteiger partial charge >= 0.3 is 0 Å². The Bertz CT molecular complexity index is 685. The van der Waals surface area contributed by atoms with Gasteiger partial charge in [0.1, 0.15) is 17.5 Å². The van der Waals surface area contributed by atoms with Crippen molar-refractivity contribution in [1.82, 2.24) is 25.2 Å². The third-order valence-corrected chi connectivity index (χ3v) is 4.35. The Morgan fingerprint density at radius 2 is 2.45 bits per heavy atom. The summed E-state index contributed by atoms with van der Waals surface area (Å²) < 4.78 is 0. The second-order valence-corrected chi connectivity index (χ2v) is 5.58. The van der Waals surface area contributed by atoms with Gasteiger partial charge in [0.15, 0.2) is 0 Å². The number of hydrogen-bond donors (Lipinski definition) is 2. The summed E-state index contributed by atoms with van der Waals surface area (Å²) >= 11 is 1.70. The first-order valence-corrected chi connectivity index (χ1v) is 7.17. The van der Waals surface area contributed by atoms with Crippen molar-refractivity contribution in [2.24, 2.45) is 0 Å². The molecule has 3 rings (SSSR count). The molecule has 2 aromatic heterocycles. The zero-order valence-electron chi connectivity index (χ0n) is 11.0. The summed E-state index contributed by atoms with van der Waals surface area (Å²) in [7, 11) is 2.01. The lowest BCUT2D eigenvalue weighted by atomic mass is 10.3. The summed E-state index contributed by atoms with van der Waals surface area (Å²) in [6.07, 6.45) is 6.03. The van der Waals surface area contributed by atoms with Crippen molar-refractivity contribution >= 4 is 27.7 Å². The van der Waals surface area contributed by atoms with Crippen LogP contribution in [0.15, 0.2) is 24.8 Å². The third-order valence-electron chi connectivity index (χ3n) is 3.07. The van der Waals surface area contributed by atoms with Crippen LogP contribution in [0.4, 0.5) is 0 Å². The monoisotopic (exact) mass is 286 g/mol. The summed E-state index contributed by atoms with van der Waals surface area (Å²) in [6.45, 7) is 0.683. The van der Waals surface area contributed by atoms with Gasteiger partial charge in [-0.2, -0.15) is 5.26 Å². The molecular weight excluding hydrogens is 272 g/mol. The van der Waals surface area contributed by atoms with Crippen molar-refractivity contribution in [3.05, 3.63) is 30.5 Å². The molecule has 0 aromatic carbocycles. The van der Waals surface area contributed by atoms with E-state index in [2.05, 4.69) is 37.4 Å². The molecule has 0 radical (unpaired) electrons. The lowest BCUT2D eigenvalue weighted by Crippen LogP contribution is -2.35. The molecule has 2 aromatic rings. The van der Waals surface area contributed by atoms with Crippen molar-refractivity contribution < 1.29 is 0 Å². The molecule has 2 N–H and O–H groups in total. The molecule has 1 aliphatic rings. The summed E-state index contributed by atoms with van der Waals surface area (Å²) in [6, 6.07) is 4.13. The Morgan fingerprint density at radius 1 is 1.55 bits per heavy atom. The van der Waals surface area contributed by atoms with E-state index in [1.54, 1.807) is 18.1 Å². The second-order valence-electron chi connectivity index (χ2n) is 4.45. The Hall–Kier alpha value is -2.04. The van der Waals surface area contributed by atoms with E-state index in [-0.39, 0.29) is 5.50 Å². The van der Waals surface area contributed by atoms with Gasteiger partial charge in [0.05, 0.1) is 16.7 Å². The van der Waals surface area contributed by atoms with Gasteiger partial charge in [-0.05, 0) is 6.07 Å². The summed E-state index contributed by atoms with van der Waals surface area (Å²) in [4.78, 5) is 14.9. The van der Waals surface area contributed by atoms with Gasteiger partial charge in [-0.3, -0.25) is 5.32 Å². The number of fused-ring (bicyclic) bond motifs is 1. The Kier molecular flexibility index (Phi) is 3.58. The van der Waals surface area contributed by atoms with Crippen LogP contribution in [-0.4, -0.2) is 38.9 Å². The average molecular weight is 286 g/mol. The molecular formula is C13H14N6S. The average Bonchev–Trinajstić information content (AvgIpc) is 3.06. The van der Waals surface area contributed by atoms with E-state index in [1.165, 1.54) is 0 Å². The van der Waals surface area contributed by atoms with E-state index in [0.29, 0.717) is 13.0 Å². The zero-order valence-corrected chi connectivity index (χ0v) is 11.8. The van der Waals surface area contributed by atoms with E-state index >= 15 is 0 Å². The minimum atomic E-state index is 0.141.